The van der Waals surface area contributed by atoms with Gasteiger partial charge in [-0.05, 0) is 30.7 Å². The highest BCUT2D eigenvalue weighted by Crippen LogP contribution is 2.14. The molecule has 0 aromatic carbocycles. The Labute approximate surface area is 83.5 Å². The van der Waals surface area contributed by atoms with Gasteiger partial charge in [0.05, 0.1) is 18.0 Å². The summed E-state index contributed by atoms with van der Waals surface area (Å²) in [5.74, 6) is 0. The zero-order valence-corrected chi connectivity index (χ0v) is 8.03. The second kappa shape index (κ2) is 4.35. The fraction of sp³-hybridized carbons (Fsp3) is 0.364. The Bertz CT molecular complexity index is 347. The molecule has 1 aliphatic heterocycles. The fourth-order valence-electron chi connectivity index (χ4n) is 1.59. The molecule has 1 aromatic rings. The zero-order chi connectivity index (χ0) is 9.80. The fourth-order valence-corrected chi connectivity index (χ4v) is 1.59. The number of nitrogens with one attached hydrogen (secondary N) is 1. The molecule has 0 saturated heterocycles. The van der Waals surface area contributed by atoms with Crippen molar-refractivity contribution >= 4 is 5.57 Å². The number of nitrogens with zero attached hydrogens (tertiary/aromatic N) is 1. The molecule has 0 saturated carbocycles. The second-order valence-corrected chi connectivity index (χ2v) is 3.37. The van der Waals surface area contributed by atoms with E-state index in [1.807, 2.05) is 18.2 Å². The van der Waals surface area contributed by atoms with Gasteiger partial charge in [-0.3, -0.25) is 4.98 Å². The van der Waals surface area contributed by atoms with Crippen molar-refractivity contribution in [1.82, 2.24) is 10.3 Å². The van der Waals surface area contributed by atoms with Crippen molar-refractivity contribution in [3.63, 3.8) is 0 Å². The minimum atomic E-state index is 0.00848. The first-order valence-corrected chi connectivity index (χ1v) is 4.87. The first-order valence-electron chi connectivity index (χ1n) is 4.87. The van der Waals surface area contributed by atoms with Gasteiger partial charge in [-0.1, -0.05) is 12.1 Å². The summed E-state index contributed by atoms with van der Waals surface area (Å²) in [6.45, 7) is 1.93. The van der Waals surface area contributed by atoms with Crippen LogP contribution in [0, 0.1) is 0 Å². The van der Waals surface area contributed by atoms with E-state index in [9.17, 15) is 0 Å². The van der Waals surface area contributed by atoms with Gasteiger partial charge < -0.3 is 10.4 Å². The highest BCUT2D eigenvalue weighted by molar-refractivity contribution is 5.64. The number of rotatable bonds is 2. The normalized spacial score (nSPS) is 16.5. The molecule has 0 spiro atoms. The molecule has 0 radical (unpaired) electrons. The maximum atomic E-state index is 8.96. The van der Waals surface area contributed by atoms with Crippen LogP contribution in [-0.2, 0) is 6.61 Å². The van der Waals surface area contributed by atoms with Crippen molar-refractivity contribution in [2.45, 2.75) is 13.0 Å². The Morgan fingerprint density at radius 3 is 3.07 bits per heavy atom. The molecular formula is C11H14N2O. The summed E-state index contributed by atoms with van der Waals surface area (Å²) in [6.07, 6.45) is 3.26. The summed E-state index contributed by atoms with van der Waals surface area (Å²) in [5, 5.41) is 12.3. The van der Waals surface area contributed by atoms with E-state index < -0.39 is 0 Å². The molecule has 1 aliphatic rings. The molecule has 3 nitrogen and oxygen atoms in total. The van der Waals surface area contributed by atoms with E-state index in [1.54, 1.807) is 0 Å². The Balaban J connectivity index is 2.26. The Hall–Kier alpha value is -1.19. The number of aliphatic hydroxyl groups excluding tert-OH is 1. The highest BCUT2D eigenvalue weighted by atomic mass is 16.3. The summed E-state index contributed by atoms with van der Waals surface area (Å²) in [4.78, 5) is 4.36. The Kier molecular flexibility index (Phi) is 2.91. The van der Waals surface area contributed by atoms with E-state index in [1.165, 1.54) is 5.57 Å². The van der Waals surface area contributed by atoms with Crippen molar-refractivity contribution < 1.29 is 5.11 Å². The van der Waals surface area contributed by atoms with Gasteiger partial charge in [-0.15, -0.1) is 0 Å². The maximum Gasteiger partial charge on any atom is 0.0853 e. The van der Waals surface area contributed by atoms with Crippen LogP contribution in [0.4, 0.5) is 0 Å². The summed E-state index contributed by atoms with van der Waals surface area (Å²) >= 11 is 0. The minimum Gasteiger partial charge on any atom is -0.390 e. The van der Waals surface area contributed by atoms with Crippen molar-refractivity contribution in [2.24, 2.45) is 0 Å². The molecule has 0 amide bonds. The van der Waals surface area contributed by atoms with Gasteiger partial charge in [-0.2, -0.15) is 0 Å². The van der Waals surface area contributed by atoms with Crippen LogP contribution in [0.25, 0.3) is 5.57 Å². The molecule has 3 heteroatoms. The number of aromatic nitrogens is 1. The number of aliphatic hydroxyl groups is 1. The molecule has 2 heterocycles. The molecule has 0 bridgehead atoms. The second-order valence-electron chi connectivity index (χ2n) is 3.37. The maximum absolute atomic E-state index is 8.96. The van der Waals surface area contributed by atoms with Crippen LogP contribution in [0.5, 0.6) is 0 Å². The smallest absolute Gasteiger partial charge is 0.0853 e. The third kappa shape index (κ3) is 2.00. The zero-order valence-electron chi connectivity index (χ0n) is 8.03. The van der Waals surface area contributed by atoms with Crippen LogP contribution in [-0.4, -0.2) is 23.2 Å². The molecule has 74 valence electrons. The van der Waals surface area contributed by atoms with Gasteiger partial charge in [0.1, 0.15) is 0 Å². The molecule has 2 N–H and O–H groups in total. The van der Waals surface area contributed by atoms with Gasteiger partial charge in [-0.25, -0.2) is 0 Å². The number of hydrogen-bond donors (Lipinski definition) is 2. The average molecular weight is 190 g/mol. The lowest BCUT2D eigenvalue weighted by molar-refractivity contribution is 0.277. The van der Waals surface area contributed by atoms with Gasteiger partial charge in [0.25, 0.3) is 0 Å². The molecule has 2 rings (SSSR count). The first-order chi connectivity index (χ1) is 6.90. The van der Waals surface area contributed by atoms with E-state index >= 15 is 0 Å². The van der Waals surface area contributed by atoms with Gasteiger partial charge in [0.2, 0.25) is 0 Å². The molecule has 0 unspecified atom stereocenters. The predicted octanol–water partition coefficient (Wildman–Crippen LogP) is 0.951. The van der Waals surface area contributed by atoms with Crippen LogP contribution in [0.2, 0.25) is 0 Å². The monoisotopic (exact) mass is 190 g/mol. The quantitative estimate of drug-likeness (QED) is 0.730. The average Bonchev–Trinajstić information content (AvgIpc) is 2.30. The lowest BCUT2D eigenvalue weighted by Crippen LogP contribution is -2.21. The third-order valence-corrected chi connectivity index (χ3v) is 2.33. The minimum absolute atomic E-state index is 0.00848. The molecular weight excluding hydrogens is 176 g/mol. The van der Waals surface area contributed by atoms with Crippen molar-refractivity contribution in [3.8, 4) is 0 Å². The topological polar surface area (TPSA) is 45.1 Å². The van der Waals surface area contributed by atoms with Crippen LogP contribution >= 0.6 is 0 Å². The van der Waals surface area contributed by atoms with E-state index in [4.69, 9.17) is 5.11 Å². The van der Waals surface area contributed by atoms with Gasteiger partial charge in [0.15, 0.2) is 0 Å². The Morgan fingerprint density at radius 2 is 2.36 bits per heavy atom. The largest absolute Gasteiger partial charge is 0.390 e. The van der Waals surface area contributed by atoms with Gasteiger partial charge in [0, 0.05) is 6.54 Å². The van der Waals surface area contributed by atoms with Crippen LogP contribution in [0.3, 0.4) is 0 Å². The predicted molar refractivity (Wildman–Crippen MR) is 55.6 cm³/mol. The van der Waals surface area contributed by atoms with E-state index in [0.29, 0.717) is 0 Å². The standard InChI is InChI=1S/C11H14N2O/c14-8-10-4-1-5-11(13-10)9-3-2-6-12-7-9/h1,3-5,12,14H,2,6-8H2. The number of pyridine rings is 1. The SMILES string of the molecule is OCc1cccc(C2=CCCNC2)n1. The van der Waals surface area contributed by atoms with Crippen LogP contribution < -0.4 is 5.32 Å². The Morgan fingerprint density at radius 1 is 1.43 bits per heavy atom. The van der Waals surface area contributed by atoms with E-state index in [0.717, 1.165) is 30.9 Å². The van der Waals surface area contributed by atoms with Crippen LogP contribution in [0.1, 0.15) is 17.8 Å². The van der Waals surface area contributed by atoms with Crippen molar-refractivity contribution in [3.05, 3.63) is 35.7 Å². The number of hydrogen-bond acceptors (Lipinski definition) is 3. The summed E-state index contributed by atoms with van der Waals surface area (Å²) in [6, 6.07) is 5.75. The molecule has 0 aliphatic carbocycles. The lowest BCUT2D eigenvalue weighted by atomic mass is 10.1. The van der Waals surface area contributed by atoms with Crippen LogP contribution in [0.15, 0.2) is 24.3 Å². The highest BCUT2D eigenvalue weighted by Gasteiger charge is 2.06. The lowest BCUT2D eigenvalue weighted by Gasteiger charge is -2.13. The molecule has 14 heavy (non-hydrogen) atoms. The van der Waals surface area contributed by atoms with Gasteiger partial charge >= 0.3 is 0 Å². The molecule has 0 atom stereocenters. The van der Waals surface area contributed by atoms with Crippen molar-refractivity contribution in [2.75, 3.05) is 13.1 Å². The molecule has 1 aromatic heterocycles. The van der Waals surface area contributed by atoms with E-state index in [-0.39, 0.29) is 6.61 Å². The third-order valence-electron chi connectivity index (χ3n) is 2.33. The van der Waals surface area contributed by atoms with E-state index in [2.05, 4.69) is 16.4 Å². The van der Waals surface area contributed by atoms with Crippen molar-refractivity contribution in [1.29, 1.82) is 0 Å². The summed E-state index contributed by atoms with van der Waals surface area (Å²) < 4.78 is 0. The first kappa shape index (κ1) is 9.37. The molecule has 0 fully saturated rings. The summed E-state index contributed by atoms with van der Waals surface area (Å²) in [5.41, 5.74) is 2.93. The summed E-state index contributed by atoms with van der Waals surface area (Å²) in [7, 11) is 0.